The zero-order valence-electron chi connectivity index (χ0n) is 44.0. The molecule has 0 saturated heterocycles. The van der Waals surface area contributed by atoms with E-state index in [0.29, 0.717) is 6.42 Å². The van der Waals surface area contributed by atoms with E-state index < -0.39 is 12.1 Å². The lowest BCUT2D eigenvalue weighted by Crippen LogP contribution is -2.45. The average molecular weight is 911 g/mol. The topological polar surface area (TPSA) is 69.6 Å². The van der Waals surface area contributed by atoms with Crippen molar-refractivity contribution in [2.24, 2.45) is 0 Å². The highest BCUT2D eigenvalue weighted by Crippen LogP contribution is 2.17. The van der Waals surface area contributed by atoms with Gasteiger partial charge in [-0.1, -0.05) is 287 Å². The normalized spacial score (nSPS) is 13.1. The number of nitrogens with one attached hydrogen (secondary N) is 1. The number of unbranched alkanes of at least 4 members (excludes halogenated alkanes) is 41. The fraction of sp³-hybridized carbons (Fsp3) is 0.852. The molecule has 4 heteroatoms. The number of aliphatic hydroxyl groups is 2. The monoisotopic (exact) mass is 910 g/mol. The predicted molar refractivity (Wildman–Crippen MR) is 290 cm³/mol. The zero-order valence-corrected chi connectivity index (χ0v) is 44.0. The van der Waals surface area contributed by atoms with E-state index in [-0.39, 0.29) is 12.5 Å². The summed E-state index contributed by atoms with van der Waals surface area (Å²) in [6.07, 6.45) is 78.6. The quantitative estimate of drug-likeness (QED) is 0.0421. The van der Waals surface area contributed by atoms with E-state index in [1.54, 1.807) is 6.08 Å². The third-order valence-electron chi connectivity index (χ3n) is 13.5. The van der Waals surface area contributed by atoms with Crippen LogP contribution in [0.1, 0.15) is 316 Å². The van der Waals surface area contributed by atoms with Crippen LogP contribution < -0.4 is 5.32 Å². The van der Waals surface area contributed by atoms with Gasteiger partial charge in [-0.25, -0.2) is 0 Å². The molecular formula is C61H115NO3. The van der Waals surface area contributed by atoms with Gasteiger partial charge in [-0.2, -0.15) is 0 Å². The largest absolute Gasteiger partial charge is 0.394 e. The highest BCUT2D eigenvalue weighted by atomic mass is 16.3. The van der Waals surface area contributed by atoms with Crippen LogP contribution >= 0.6 is 0 Å². The van der Waals surface area contributed by atoms with Gasteiger partial charge in [0.15, 0.2) is 0 Å². The molecule has 0 heterocycles. The molecule has 4 nitrogen and oxygen atoms in total. The first-order chi connectivity index (χ1) is 32.2. The zero-order chi connectivity index (χ0) is 47.0. The molecule has 1 amide bonds. The lowest BCUT2D eigenvalue weighted by molar-refractivity contribution is -0.123. The standard InChI is InChI=1S/C61H115NO3/c1-3-5-7-9-11-13-15-17-19-21-23-25-27-28-29-30-31-32-33-34-35-37-39-41-43-45-47-49-51-53-55-57-61(65)62-59(58-63)60(64)56-54-52-50-48-46-44-42-40-38-36-26-24-22-20-18-16-14-12-10-8-6-4-2/h28-29,38,40,46,48,54,56,59-60,63-64H,3-27,30-37,39,41-45,47,49-53,55,57-58H2,1-2H3,(H,62,65)/b29-28-,40-38+,48-46+,56-54+. The van der Waals surface area contributed by atoms with Gasteiger partial charge in [0.25, 0.3) is 0 Å². The van der Waals surface area contributed by atoms with Crippen molar-refractivity contribution >= 4 is 5.91 Å². The fourth-order valence-electron chi connectivity index (χ4n) is 9.03. The van der Waals surface area contributed by atoms with Crippen molar-refractivity contribution in [3.63, 3.8) is 0 Å². The first-order valence-corrected chi connectivity index (χ1v) is 29.4. The van der Waals surface area contributed by atoms with Crippen LogP contribution in [-0.2, 0) is 4.79 Å². The number of hydrogen-bond acceptors (Lipinski definition) is 3. The van der Waals surface area contributed by atoms with Crippen molar-refractivity contribution in [2.45, 2.75) is 328 Å². The lowest BCUT2D eigenvalue weighted by atomic mass is 10.0. The van der Waals surface area contributed by atoms with Crippen molar-refractivity contribution in [2.75, 3.05) is 6.61 Å². The molecule has 0 bridgehead atoms. The second-order valence-electron chi connectivity index (χ2n) is 20.0. The van der Waals surface area contributed by atoms with Crippen molar-refractivity contribution < 1.29 is 15.0 Å². The predicted octanol–water partition coefficient (Wildman–Crippen LogP) is 19.4. The molecule has 2 unspecified atom stereocenters. The molecule has 65 heavy (non-hydrogen) atoms. The Morgan fingerprint density at radius 2 is 0.600 bits per heavy atom. The Bertz CT molecular complexity index is 1030. The van der Waals surface area contributed by atoms with Crippen LogP contribution in [0.15, 0.2) is 48.6 Å². The number of hydrogen-bond donors (Lipinski definition) is 3. The second-order valence-corrected chi connectivity index (χ2v) is 20.0. The molecule has 2 atom stereocenters. The molecule has 0 aromatic rings. The third kappa shape index (κ3) is 53.2. The maximum absolute atomic E-state index is 12.5. The fourth-order valence-corrected chi connectivity index (χ4v) is 9.03. The highest BCUT2D eigenvalue weighted by molar-refractivity contribution is 5.76. The summed E-state index contributed by atoms with van der Waals surface area (Å²) in [7, 11) is 0. The molecule has 0 fully saturated rings. The summed E-state index contributed by atoms with van der Waals surface area (Å²) in [5.41, 5.74) is 0. The van der Waals surface area contributed by atoms with E-state index in [1.807, 2.05) is 6.08 Å². The first-order valence-electron chi connectivity index (χ1n) is 29.4. The molecule has 0 aliphatic carbocycles. The average Bonchev–Trinajstić information content (AvgIpc) is 3.31. The smallest absolute Gasteiger partial charge is 0.220 e. The molecule has 0 rings (SSSR count). The minimum Gasteiger partial charge on any atom is -0.394 e. The third-order valence-corrected chi connectivity index (χ3v) is 13.5. The summed E-state index contributed by atoms with van der Waals surface area (Å²) < 4.78 is 0. The second kappa shape index (κ2) is 56.7. The molecule has 0 spiro atoms. The van der Waals surface area contributed by atoms with Gasteiger partial charge in [-0.05, 0) is 70.6 Å². The molecule has 0 aliphatic rings. The number of allylic oxidation sites excluding steroid dienone is 7. The maximum Gasteiger partial charge on any atom is 0.220 e. The first kappa shape index (κ1) is 63.4. The SMILES string of the molecule is CCCCCCCCCCCCCC/C=C\CCCCCCCCCCCCCCCCCC(=O)NC(CO)C(O)/C=C/CC/C=C/CC/C=C/CCCCCCCCCCCCCC. The van der Waals surface area contributed by atoms with Crippen LogP contribution in [0.25, 0.3) is 0 Å². The number of aliphatic hydroxyl groups excluding tert-OH is 2. The van der Waals surface area contributed by atoms with Crippen LogP contribution in [-0.4, -0.2) is 34.9 Å². The van der Waals surface area contributed by atoms with E-state index in [9.17, 15) is 15.0 Å². The van der Waals surface area contributed by atoms with Gasteiger partial charge in [-0.3, -0.25) is 4.79 Å². The van der Waals surface area contributed by atoms with Gasteiger partial charge in [0, 0.05) is 6.42 Å². The van der Waals surface area contributed by atoms with Gasteiger partial charge in [0.1, 0.15) is 0 Å². The van der Waals surface area contributed by atoms with E-state index in [4.69, 9.17) is 0 Å². The minimum absolute atomic E-state index is 0.0740. The van der Waals surface area contributed by atoms with Crippen LogP contribution in [0.2, 0.25) is 0 Å². The minimum atomic E-state index is -0.871. The van der Waals surface area contributed by atoms with E-state index in [1.165, 1.54) is 257 Å². The van der Waals surface area contributed by atoms with Crippen molar-refractivity contribution in [1.82, 2.24) is 5.32 Å². The molecule has 0 saturated carbocycles. The molecule has 0 aliphatic heterocycles. The Morgan fingerprint density at radius 3 is 0.892 bits per heavy atom. The van der Waals surface area contributed by atoms with E-state index >= 15 is 0 Å². The van der Waals surface area contributed by atoms with Crippen LogP contribution in [0.5, 0.6) is 0 Å². The molecule has 0 aromatic heterocycles. The van der Waals surface area contributed by atoms with Gasteiger partial charge in [0.05, 0.1) is 18.8 Å². The molecule has 382 valence electrons. The van der Waals surface area contributed by atoms with Gasteiger partial charge < -0.3 is 15.5 Å². The lowest BCUT2D eigenvalue weighted by Gasteiger charge is -2.19. The number of rotatable bonds is 54. The summed E-state index contributed by atoms with van der Waals surface area (Å²) >= 11 is 0. The molecule has 0 radical (unpaired) electrons. The summed E-state index contributed by atoms with van der Waals surface area (Å²) in [5, 5.41) is 23.1. The Kier molecular flexibility index (Phi) is 55.2. The van der Waals surface area contributed by atoms with Crippen molar-refractivity contribution in [1.29, 1.82) is 0 Å². The van der Waals surface area contributed by atoms with Crippen molar-refractivity contribution in [3.05, 3.63) is 48.6 Å². The van der Waals surface area contributed by atoms with E-state index in [2.05, 4.69) is 55.6 Å². The molecule has 0 aromatic carbocycles. The summed E-state index contributed by atoms with van der Waals surface area (Å²) in [5.74, 6) is -0.0740. The molecular weight excluding hydrogens is 795 g/mol. The van der Waals surface area contributed by atoms with Crippen LogP contribution in [0.3, 0.4) is 0 Å². The van der Waals surface area contributed by atoms with Crippen LogP contribution in [0, 0.1) is 0 Å². The van der Waals surface area contributed by atoms with Gasteiger partial charge in [0.2, 0.25) is 5.91 Å². The highest BCUT2D eigenvalue weighted by Gasteiger charge is 2.18. The number of carbonyl (C=O) groups is 1. The number of carbonyl (C=O) groups excluding carboxylic acids is 1. The Labute approximate surface area is 407 Å². The Hall–Kier alpha value is -1.65. The van der Waals surface area contributed by atoms with Crippen LogP contribution in [0.4, 0.5) is 0 Å². The van der Waals surface area contributed by atoms with Gasteiger partial charge >= 0.3 is 0 Å². The Balaban J connectivity index is 3.51. The summed E-state index contributed by atoms with van der Waals surface area (Å²) in [6.45, 7) is 4.32. The number of amides is 1. The van der Waals surface area contributed by atoms with Gasteiger partial charge in [-0.15, -0.1) is 0 Å². The Morgan fingerprint density at radius 1 is 0.354 bits per heavy atom. The summed E-state index contributed by atoms with van der Waals surface area (Å²) in [6, 6.07) is -0.646. The van der Waals surface area contributed by atoms with Crippen molar-refractivity contribution in [3.8, 4) is 0 Å². The molecule has 3 N–H and O–H groups in total. The van der Waals surface area contributed by atoms with E-state index in [0.717, 1.165) is 38.5 Å². The summed E-state index contributed by atoms with van der Waals surface area (Å²) in [4.78, 5) is 12.5. The maximum atomic E-state index is 12.5.